The van der Waals surface area contributed by atoms with Gasteiger partial charge in [0.1, 0.15) is 0 Å². The van der Waals surface area contributed by atoms with Crippen molar-refractivity contribution in [1.82, 2.24) is 0 Å². The number of benzene rings is 2. The first-order valence-corrected chi connectivity index (χ1v) is 9.22. The molecule has 1 aliphatic heterocycles. The van der Waals surface area contributed by atoms with Gasteiger partial charge in [0, 0.05) is 13.1 Å². The zero-order chi connectivity index (χ0) is 16.3. The Labute approximate surface area is 137 Å². The Hall–Kier alpha value is -2.27. The number of hydrogen-bond acceptors (Lipinski definition) is 3. The smallest absolute Gasteiger partial charge is 0.257 e. The lowest BCUT2D eigenvalue weighted by Crippen LogP contribution is -2.43. The fourth-order valence-electron chi connectivity index (χ4n) is 2.79. The van der Waals surface area contributed by atoms with Gasteiger partial charge in [-0.1, -0.05) is 42.5 Å². The predicted octanol–water partition coefficient (Wildman–Crippen LogP) is 3.33. The number of para-hydroxylation sites is 2. The van der Waals surface area contributed by atoms with Crippen LogP contribution in [0, 0.1) is 0 Å². The molecule has 3 rings (SSSR count). The molecule has 0 radical (unpaired) electrons. The lowest BCUT2D eigenvalue weighted by molar-refractivity contribution is 0.597. The van der Waals surface area contributed by atoms with Gasteiger partial charge in [-0.2, -0.15) is 0 Å². The average molecular weight is 328 g/mol. The average Bonchev–Trinajstić information content (AvgIpc) is 2.60. The molecule has 0 atom stereocenters. The maximum Gasteiger partial charge on any atom is 0.257 e. The van der Waals surface area contributed by atoms with E-state index in [9.17, 15) is 8.42 Å². The predicted molar refractivity (Wildman–Crippen MR) is 96.1 cm³/mol. The summed E-state index contributed by atoms with van der Waals surface area (Å²) in [7, 11) is -3.50. The van der Waals surface area contributed by atoms with Crippen LogP contribution in [-0.2, 0) is 10.0 Å². The topological polar surface area (TPSA) is 40.6 Å². The summed E-state index contributed by atoms with van der Waals surface area (Å²) in [6, 6.07) is 17.1. The van der Waals surface area contributed by atoms with Gasteiger partial charge in [-0.15, -0.1) is 0 Å². The van der Waals surface area contributed by atoms with Gasteiger partial charge in [-0.05, 0) is 30.7 Å². The van der Waals surface area contributed by atoms with E-state index < -0.39 is 10.0 Å². The zero-order valence-corrected chi connectivity index (χ0v) is 13.9. The van der Waals surface area contributed by atoms with E-state index >= 15 is 0 Å². The van der Waals surface area contributed by atoms with Crippen LogP contribution in [0.2, 0.25) is 0 Å². The molecule has 0 spiro atoms. The van der Waals surface area contributed by atoms with Crippen molar-refractivity contribution < 1.29 is 8.42 Å². The standard InChI is InChI=1S/C18H20N2O2S/c1-2-19-13-14-20(18-11-7-6-10-17(18)19)23(21,22)15-12-16-8-4-3-5-9-16/h3-12,15H,2,13-14H2,1H3. The Kier molecular flexibility index (Phi) is 4.39. The molecule has 1 aliphatic rings. The maximum atomic E-state index is 12.7. The van der Waals surface area contributed by atoms with Crippen LogP contribution in [-0.4, -0.2) is 28.1 Å². The molecule has 2 aromatic rings. The van der Waals surface area contributed by atoms with Crippen LogP contribution in [0.3, 0.4) is 0 Å². The Balaban J connectivity index is 1.93. The molecule has 0 saturated carbocycles. The van der Waals surface area contributed by atoms with E-state index in [1.165, 1.54) is 9.71 Å². The SMILES string of the molecule is CCN1CCN(S(=O)(=O)C=Cc2ccccc2)c2ccccc21. The largest absolute Gasteiger partial charge is 0.368 e. The maximum absolute atomic E-state index is 12.7. The second kappa shape index (κ2) is 6.46. The highest BCUT2D eigenvalue weighted by Gasteiger charge is 2.28. The minimum atomic E-state index is -3.50. The third kappa shape index (κ3) is 3.24. The van der Waals surface area contributed by atoms with Crippen molar-refractivity contribution >= 4 is 27.5 Å². The normalized spacial score (nSPS) is 15.0. The fourth-order valence-corrected chi connectivity index (χ4v) is 4.03. The highest BCUT2D eigenvalue weighted by Crippen LogP contribution is 2.34. The number of rotatable bonds is 4. The van der Waals surface area contributed by atoms with Crippen molar-refractivity contribution in [1.29, 1.82) is 0 Å². The second-order valence-corrected chi connectivity index (χ2v) is 7.14. The Morgan fingerprint density at radius 3 is 2.30 bits per heavy atom. The molecule has 2 aromatic carbocycles. The summed E-state index contributed by atoms with van der Waals surface area (Å²) in [4.78, 5) is 2.20. The first kappa shape index (κ1) is 15.6. The van der Waals surface area contributed by atoms with Crippen LogP contribution < -0.4 is 9.21 Å². The number of sulfonamides is 1. The van der Waals surface area contributed by atoms with Crippen molar-refractivity contribution in [2.75, 3.05) is 28.8 Å². The van der Waals surface area contributed by atoms with E-state index in [4.69, 9.17) is 0 Å². The van der Waals surface area contributed by atoms with Gasteiger partial charge in [-0.25, -0.2) is 8.42 Å². The molecule has 1 heterocycles. The van der Waals surface area contributed by atoms with Crippen molar-refractivity contribution in [3.05, 3.63) is 65.6 Å². The van der Waals surface area contributed by atoms with Gasteiger partial charge in [0.15, 0.2) is 0 Å². The molecule has 0 fully saturated rings. The molecular weight excluding hydrogens is 308 g/mol. The van der Waals surface area contributed by atoms with Gasteiger partial charge in [0.25, 0.3) is 10.0 Å². The van der Waals surface area contributed by atoms with E-state index in [1.807, 2.05) is 54.6 Å². The van der Waals surface area contributed by atoms with Crippen LogP contribution in [0.5, 0.6) is 0 Å². The van der Waals surface area contributed by atoms with Crippen molar-refractivity contribution in [2.45, 2.75) is 6.92 Å². The van der Waals surface area contributed by atoms with E-state index in [1.54, 1.807) is 6.08 Å². The van der Waals surface area contributed by atoms with Crippen LogP contribution in [0.25, 0.3) is 6.08 Å². The molecule has 0 aromatic heterocycles. The third-order valence-electron chi connectivity index (χ3n) is 3.99. The minimum Gasteiger partial charge on any atom is -0.368 e. The number of anilines is 2. The van der Waals surface area contributed by atoms with Crippen LogP contribution in [0.1, 0.15) is 12.5 Å². The van der Waals surface area contributed by atoms with Gasteiger partial charge >= 0.3 is 0 Å². The molecule has 5 heteroatoms. The summed E-state index contributed by atoms with van der Waals surface area (Å²) in [5.74, 6) is 0. The quantitative estimate of drug-likeness (QED) is 0.864. The lowest BCUT2D eigenvalue weighted by atomic mass is 10.2. The summed E-state index contributed by atoms with van der Waals surface area (Å²) >= 11 is 0. The van der Waals surface area contributed by atoms with E-state index in [-0.39, 0.29) is 0 Å². The molecule has 0 N–H and O–H groups in total. The summed E-state index contributed by atoms with van der Waals surface area (Å²) < 4.78 is 27.0. The molecular formula is C18H20N2O2S. The number of fused-ring (bicyclic) bond motifs is 1. The Morgan fingerprint density at radius 1 is 0.957 bits per heavy atom. The highest BCUT2D eigenvalue weighted by atomic mass is 32.2. The molecule has 120 valence electrons. The van der Waals surface area contributed by atoms with Crippen LogP contribution >= 0.6 is 0 Å². The Morgan fingerprint density at radius 2 is 1.61 bits per heavy atom. The van der Waals surface area contributed by atoms with E-state index in [0.29, 0.717) is 13.1 Å². The third-order valence-corrected chi connectivity index (χ3v) is 5.46. The summed E-state index contributed by atoms with van der Waals surface area (Å²) in [5, 5.41) is 1.29. The highest BCUT2D eigenvalue weighted by molar-refractivity contribution is 7.95. The van der Waals surface area contributed by atoms with Crippen LogP contribution in [0.15, 0.2) is 60.0 Å². The monoisotopic (exact) mass is 328 g/mol. The molecule has 0 unspecified atom stereocenters. The van der Waals surface area contributed by atoms with Crippen molar-refractivity contribution in [2.24, 2.45) is 0 Å². The van der Waals surface area contributed by atoms with E-state index in [0.717, 1.165) is 23.5 Å². The first-order valence-electron chi connectivity index (χ1n) is 7.71. The Bertz CT molecular complexity index is 801. The number of likely N-dealkylation sites (N-methyl/N-ethyl adjacent to an activating group) is 1. The summed E-state index contributed by atoms with van der Waals surface area (Å²) in [6.45, 7) is 4.11. The fraction of sp³-hybridized carbons (Fsp3) is 0.222. The molecule has 0 aliphatic carbocycles. The number of nitrogens with zero attached hydrogens (tertiary/aromatic N) is 2. The zero-order valence-electron chi connectivity index (χ0n) is 13.1. The minimum absolute atomic E-state index is 0.465. The van der Waals surface area contributed by atoms with Gasteiger partial charge in [-0.3, -0.25) is 4.31 Å². The van der Waals surface area contributed by atoms with Crippen molar-refractivity contribution in [3.63, 3.8) is 0 Å². The molecule has 23 heavy (non-hydrogen) atoms. The number of hydrogen-bond donors (Lipinski definition) is 0. The van der Waals surface area contributed by atoms with Gasteiger partial charge < -0.3 is 4.90 Å². The van der Waals surface area contributed by atoms with Gasteiger partial charge in [0.2, 0.25) is 0 Å². The molecule has 0 saturated heterocycles. The molecule has 0 bridgehead atoms. The molecule has 0 amide bonds. The second-order valence-electron chi connectivity index (χ2n) is 5.40. The van der Waals surface area contributed by atoms with Gasteiger partial charge in [0.05, 0.1) is 23.3 Å². The van der Waals surface area contributed by atoms with Crippen LogP contribution in [0.4, 0.5) is 11.4 Å². The first-order chi connectivity index (χ1) is 11.1. The summed E-state index contributed by atoms with van der Waals surface area (Å²) in [5.41, 5.74) is 2.59. The molecule has 4 nitrogen and oxygen atoms in total. The lowest BCUT2D eigenvalue weighted by Gasteiger charge is -2.37. The van der Waals surface area contributed by atoms with Crippen molar-refractivity contribution in [3.8, 4) is 0 Å². The summed E-state index contributed by atoms with van der Waals surface area (Å²) in [6.07, 6.45) is 1.64. The van der Waals surface area contributed by atoms with E-state index in [2.05, 4.69) is 11.8 Å².